The van der Waals surface area contributed by atoms with Gasteiger partial charge in [0.05, 0.1) is 12.5 Å². The van der Waals surface area contributed by atoms with Crippen LogP contribution in [0.4, 0.5) is 0 Å². The van der Waals surface area contributed by atoms with Gasteiger partial charge in [0.25, 0.3) is 0 Å². The van der Waals surface area contributed by atoms with E-state index in [1.165, 1.54) is 13.8 Å². The Morgan fingerprint density at radius 3 is 1.38 bits per heavy atom. The fourth-order valence-corrected chi connectivity index (χ4v) is 7.71. The van der Waals surface area contributed by atoms with E-state index in [1.807, 2.05) is 6.92 Å². The third-order valence-corrected chi connectivity index (χ3v) is 12.8. The maximum atomic E-state index is 14.1. The first-order valence-electron chi connectivity index (χ1n) is 26.3. The molecule has 0 unspecified atom stereocenters. The predicted octanol–water partition coefficient (Wildman–Crippen LogP) is -3.98. The lowest BCUT2D eigenvalue weighted by molar-refractivity contribution is -0.141. The highest BCUT2D eigenvalue weighted by atomic mass is 16.4. The minimum atomic E-state index is -1.79. The summed E-state index contributed by atoms with van der Waals surface area (Å²) in [5, 5.41) is 33.2. The number of carboxylic acid groups (broad SMARTS) is 1. The second-order valence-electron chi connectivity index (χ2n) is 19.2. The monoisotopic (exact) mass is 1100 g/mol. The van der Waals surface area contributed by atoms with Gasteiger partial charge in [0.15, 0.2) is 11.9 Å². The molecule has 1 aromatic rings. The molecule has 0 saturated carbocycles. The van der Waals surface area contributed by atoms with Gasteiger partial charge in [0.2, 0.25) is 53.2 Å². The molecule has 0 spiro atoms. The van der Waals surface area contributed by atoms with Crippen LogP contribution in [-0.2, 0) is 54.4 Å². The number of primary amides is 1. The molecule has 22 N–H and O–H groups in total. The minimum absolute atomic E-state index is 0.0213. The molecular formula is C50H87N17O11. The van der Waals surface area contributed by atoms with E-state index in [-0.39, 0.29) is 63.0 Å². The second kappa shape index (κ2) is 36.4. The highest BCUT2D eigenvalue weighted by Gasteiger charge is 2.36. The van der Waals surface area contributed by atoms with Crippen molar-refractivity contribution in [2.45, 2.75) is 167 Å². The molecule has 0 fully saturated rings. The summed E-state index contributed by atoms with van der Waals surface area (Å²) in [7, 11) is 1.60. The number of hydrogen-bond donors (Lipinski definition) is 16. The van der Waals surface area contributed by atoms with Crippen LogP contribution in [-0.4, -0.2) is 157 Å². The summed E-state index contributed by atoms with van der Waals surface area (Å²) in [5.74, 6) is -10.2. The molecule has 0 radical (unpaired) electrons. The molecule has 1 rings (SSSR count). The molecule has 11 atom stereocenters. The predicted molar refractivity (Wildman–Crippen MR) is 293 cm³/mol. The topological polar surface area (TPSA) is 480 Å². The summed E-state index contributed by atoms with van der Waals surface area (Å²) >= 11 is 0. The standard InChI is InChI=1S/C50H87N17O11/c1-8-27(3)38(40(52)70)66-46(76)35(25-31-17-11-10-12-18-31)65-48(78)39(28(4)9-2)67-47(77)36(26-37(68)69)64-42(72)30(6)60-41(71)29(5)61-44(74)33(20-15-23-58-49(53)54)63-45(75)34(21-16-24-59-50(55)56)62-43(73)32(57-7)19-13-14-22-51/h10-12,17-18,27-30,32-36,38-39,57H,8-9,13-16,19-26,51H2,1-7H3,(H2,52,70)(H,60,71)(H,61,74)(H,62,73)(H,63,75)(H,64,72)(H,65,78)(H,66,76)(H,67,77)(H,68,69)(H4,53,54,58)(H4,55,56,59)/t27-,28-,29-,30-,32-,33-,34-,35-,36-,38-,39-/m0/s1. The van der Waals surface area contributed by atoms with Crippen molar-refractivity contribution in [1.29, 1.82) is 0 Å². The molecule has 28 nitrogen and oxygen atoms in total. The molecule has 78 heavy (non-hydrogen) atoms. The van der Waals surface area contributed by atoms with E-state index in [1.54, 1.807) is 58.2 Å². The molecule has 28 heteroatoms. The number of hydrogen-bond acceptors (Lipinski definition) is 14. The fraction of sp³-hybridized carbons (Fsp3) is 0.640. The van der Waals surface area contributed by atoms with Gasteiger partial charge in [-0.2, -0.15) is 0 Å². The van der Waals surface area contributed by atoms with Crippen molar-refractivity contribution >= 4 is 71.1 Å². The highest BCUT2D eigenvalue weighted by Crippen LogP contribution is 2.14. The van der Waals surface area contributed by atoms with Crippen molar-refractivity contribution in [2.24, 2.45) is 56.2 Å². The van der Waals surface area contributed by atoms with E-state index in [9.17, 15) is 53.1 Å². The number of carbonyl (C=O) groups excluding carboxylic acids is 9. The van der Waals surface area contributed by atoms with Gasteiger partial charge in [-0.3, -0.25) is 57.9 Å². The van der Waals surface area contributed by atoms with Gasteiger partial charge < -0.3 is 87.4 Å². The van der Waals surface area contributed by atoms with Crippen molar-refractivity contribution in [2.75, 3.05) is 26.7 Å². The van der Waals surface area contributed by atoms with Gasteiger partial charge in [0.1, 0.15) is 48.3 Å². The smallest absolute Gasteiger partial charge is 0.305 e. The van der Waals surface area contributed by atoms with Crippen LogP contribution < -0.4 is 82.3 Å². The lowest BCUT2D eigenvalue weighted by atomic mass is 9.95. The molecule has 0 heterocycles. The first-order chi connectivity index (χ1) is 36.8. The molecule has 0 aliphatic heterocycles. The molecule has 9 amide bonds. The van der Waals surface area contributed by atoms with Gasteiger partial charge in [-0.25, -0.2) is 0 Å². The summed E-state index contributed by atoms with van der Waals surface area (Å²) in [6, 6.07) is -2.72. The number of carbonyl (C=O) groups is 10. The number of carboxylic acids is 1. The van der Waals surface area contributed by atoms with Crippen LogP contribution in [0.1, 0.15) is 111 Å². The third-order valence-electron chi connectivity index (χ3n) is 12.8. The van der Waals surface area contributed by atoms with Crippen LogP contribution in [0.2, 0.25) is 0 Å². The Balaban J connectivity index is 3.32. The molecule has 0 aliphatic carbocycles. The van der Waals surface area contributed by atoms with Crippen LogP contribution in [0, 0.1) is 11.8 Å². The lowest BCUT2D eigenvalue weighted by Gasteiger charge is -2.29. The number of amides is 9. The van der Waals surface area contributed by atoms with Crippen LogP contribution in [0.5, 0.6) is 0 Å². The van der Waals surface area contributed by atoms with Gasteiger partial charge in [-0.15, -0.1) is 0 Å². The van der Waals surface area contributed by atoms with Crippen molar-refractivity contribution < 1.29 is 53.1 Å². The summed E-state index contributed by atoms with van der Waals surface area (Å²) < 4.78 is 0. The Labute approximate surface area is 456 Å². The number of aliphatic carboxylic acids is 1. The quantitative estimate of drug-likeness (QED) is 0.0171. The largest absolute Gasteiger partial charge is 0.481 e. The van der Waals surface area contributed by atoms with Crippen molar-refractivity contribution in [3.05, 3.63) is 35.9 Å². The molecule has 0 saturated heterocycles. The first-order valence-corrected chi connectivity index (χ1v) is 26.3. The number of unbranched alkanes of at least 4 members (excludes halogenated alkanes) is 1. The number of benzene rings is 1. The van der Waals surface area contributed by atoms with Crippen molar-refractivity contribution in [1.82, 2.24) is 47.9 Å². The summed E-state index contributed by atoms with van der Waals surface area (Å²) in [4.78, 5) is 142. The average molecular weight is 1100 g/mol. The van der Waals surface area contributed by atoms with E-state index >= 15 is 0 Å². The van der Waals surface area contributed by atoms with E-state index < -0.39 is 126 Å². The third kappa shape index (κ3) is 25.9. The summed E-state index contributed by atoms with van der Waals surface area (Å²) in [5.41, 5.74) is 33.8. The number of nitrogens with zero attached hydrogens (tertiary/aromatic N) is 2. The zero-order chi connectivity index (χ0) is 59.1. The van der Waals surface area contributed by atoms with Gasteiger partial charge in [-0.1, -0.05) is 77.3 Å². The van der Waals surface area contributed by atoms with Gasteiger partial charge >= 0.3 is 5.97 Å². The Morgan fingerprint density at radius 1 is 0.500 bits per heavy atom. The van der Waals surface area contributed by atoms with Crippen LogP contribution >= 0.6 is 0 Å². The number of aliphatic imine (C=N–C) groups is 2. The first kappa shape index (κ1) is 68.4. The normalized spacial score (nSPS) is 15.2. The Morgan fingerprint density at radius 2 is 0.910 bits per heavy atom. The second-order valence-corrected chi connectivity index (χ2v) is 19.2. The Kier molecular flexibility index (Phi) is 31.9. The molecule has 438 valence electrons. The lowest BCUT2D eigenvalue weighted by Crippen LogP contribution is -2.61. The average Bonchev–Trinajstić information content (AvgIpc) is 3.38. The Bertz CT molecular complexity index is 2190. The zero-order valence-electron chi connectivity index (χ0n) is 46.0. The van der Waals surface area contributed by atoms with E-state index in [2.05, 4.69) is 57.8 Å². The molecule has 0 aliphatic rings. The summed E-state index contributed by atoms with van der Waals surface area (Å²) in [6.45, 7) is 10.1. The maximum Gasteiger partial charge on any atom is 0.305 e. The number of rotatable bonds is 38. The van der Waals surface area contributed by atoms with Crippen LogP contribution in [0.3, 0.4) is 0 Å². The zero-order valence-corrected chi connectivity index (χ0v) is 46.0. The molecule has 1 aromatic carbocycles. The number of nitrogens with two attached hydrogens (primary N) is 6. The highest BCUT2D eigenvalue weighted by molar-refractivity contribution is 5.99. The number of nitrogens with one attached hydrogen (secondary N) is 9. The molecule has 0 bridgehead atoms. The van der Waals surface area contributed by atoms with Crippen LogP contribution in [0.25, 0.3) is 0 Å². The van der Waals surface area contributed by atoms with E-state index in [4.69, 9.17) is 34.4 Å². The number of guanidine groups is 2. The Hall–Kier alpha value is -7.62. The van der Waals surface area contributed by atoms with Gasteiger partial charge in [0, 0.05) is 19.5 Å². The number of likely N-dealkylation sites (N-methyl/N-ethyl adjacent to an activating group) is 1. The van der Waals surface area contributed by atoms with Gasteiger partial charge in [-0.05, 0) is 83.4 Å². The maximum absolute atomic E-state index is 14.1. The molecular weight excluding hydrogens is 1010 g/mol. The molecule has 0 aromatic heterocycles. The van der Waals surface area contributed by atoms with Crippen LogP contribution in [0.15, 0.2) is 40.3 Å². The van der Waals surface area contributed by atoms with E-state index in [0.717, 1.165) is 0 Å². The minimum Gasteiger partial charge on any atom is -0.481 e. The summed E-state index contributed by atoms with van der Waals surface area (Å²) in [6.07, 6.45) is 2.04. The van der Waals surface area contributed by atoms with E-state index in [0.29, 0.717) is 44.2 Å². The fourth-order valence-electron chi connectivity index (χ4n) is 7.71. The van der Waals surface area contributed by atoms with Crippen molar-refractivity contribution in [3.8, 4) is 0 Å². The SMILES string of the molecule is CC[C@H](C)[C@H](NC(=O)[C@H](Cc1ccccc1)NC(=O)[C@@H](NC(=O)[C@H](CC(=O)O)NC(=O)[C@H](C)NC(=O)[C@H](C)NC(=O)[C@H](CCCN=C(N)N)NC(=O)[C@H](CCCN=C(N)N)NC(=O)[C@H](CCCCN)NC)[C@@H](C)CC)C(N)=O. The van der Waals surface area contributed by atoms with Crippen molar-refractivity contribution in [3.63, 3.8) is 0 Å².